The minimum Gasteiger partial charge on any atom is -0.459 e. The molecule has 3 heterocycles. The van der Waals surface area contributed by atoms with Crippen molar-refractivity contribution in [3.63, 3.8) is 0 Å². The predicted octanol–water partition coefficient (Wildman–Crippen LogP) is 2.08. The van der Waals surface area contributed by atoms with Gasteiger partial charge in [0.25, 0.3) is 0 Å². The molecule has 69 heavy (non-hydrogen) atoms. The van der Waals surface area contributed by atoms with Crippen molar-refractivity contribution in [3.05, 3.63) is 11.6 Å². The second kappa shape index (κ2) is 20.2. The first kappa shape index (κ1) is 52.2. The smallest absolute Gasteiger partial charge is 0.302 e. The van der Waals surface area contributed by atoms with E-state index in [-0.39, 0.29) is 60.2 Å². The minimum atomic E-state index is -1.67. The standard InChI is InChI=1S/C51H80O18/c1-23-15-31(18-35(55)45(23)68-41-21-37(64-26(4)53)47(25(3)63-41)69-48-44(60)43(59)42(58)38(22-52)67-48)66-46-24(2)62-40(20-36(46)56)65-30-11-13-49(5)28(17-30)8-10-33-34(49)19-39(57)50(6)32(12-14-51(33,50)61)27-7-9-29(54)16-27/h16,23-25,28,30-48,52,55-61H,7-15,17-22H2,1-6H3/t23-,24+,25+,28+,30-,31+,32+,33+,34-,35-,36-,37-,38+,39+,40-,41-,42+,43-,44+,45+,46+,47+,48-,49-,50-,51-/m0/s1. The molecule has 0 bridgehead atoms. The van der Waals surface area contributed by atoms with E-state index in [0.717, 1.165) is 50.5 Å². The predicted molar refractivity (Wildman–Crippen MR) is 241 cm³/mol. The molecule has 0 radical (unpaired) electrons. The molecule has 8 fully saturated rings. The third kappa shape index (κ3) is 9.56. The lowest BCUT2D eigenvalue weighted by atomic mass is 9.42. The first-order valence-corrected chi connectivity index (χ1v) is 26.0. The molecule has 6 aliphatic carbocycles. The second-order valence-electron chi connectivity index (χ2n) is 23.1. The lowest BCUT2D eigenvalue weighted by Crippen LogP contribution is -2.67. The molecule has 0 aromatic heterocycles. The number of carbonyl (C=O) groups is 2. The Morgan fingerprint density at radius 1 is 0.710 bits per heavy atom. The highest BCUT2D eigenvalue weighted by Crippen LogP contribution is 2.70. The van der Waals surface area contributed by atoms with Crippen molar-refractivity contribution in [2.75, 3.05) is 6.61 Å². The fourth-order valence-electron chi connectivity index (χ4n) is 15.4. The zero-order valence-electron chi connectivity index (χ0n) is 41.1. The van der Waals surface area contributed by atoms with Crippen LogP contribution in [0.1, 0.15) is 131 Å². The Hall–Kier alpha value is -1.72. The second-order valence-corrected chi connectivity index (χ2v) is 23.1. The van der Waals surface area contributed by atoms with Gasteiger partial charge < -0.3 is 78.7 Å². The Bertz CT molecular complexity index is 1840. The van der Waals surface area contributed by atoms with Crippen LogP contribution in [0.2, 0.25) is 0 Å². The third-order valence-corrected chi connectivity index (χ3v) is 19.2. The van der Waals surface area contributed by atoms with Crippen molar-refractivity contribution in [2.24, 2.45) is 40.4 Å². The molecule has 26 atom stereocenters. The molecular formula is C51H80O18. The fourth-order valence-corrected chi connectivity index (χ4v) is 15.4. The Morgan fingerprint density at radius 3 is 2.09 bits per heavy atom. The highest BCUT2D eigenvalue weighted by atomic mass is 16.7. The molecule has 9 aliphatic rings. The molecule has 0 spiro atoms. The van der Waals surface area contributed by atoms with Gasteiger partial charge in [0, 0.05) is 38.0 Å². The zero-order chi connectivity index (χ0) is 49.5. The van der Waals surface area contributed by atoms with E-state index in [1.54, 1.807) is 13.0 Å². The number of hydrogen-bond donors (Lipinski definition) is 8. The molecule has 18 nitrogen and oxygen atoms in total. The number of hydrogen-bond acceptors (Lipinski definition) is 18. The van der Waals surface area contributed by atoms with Crippen LogP contribution >= 0.6 is 0 Å². The van der Waals surface area contributed by atoms with Crippen LogP contribution in [0.3, 0.4) is 0 Å². The number of fused-ring (bicyclic) bond motifs is 5. The van der Waals surface area contributed by atoms with Gasteiger partial charge in [-0.25, -0.2) is 0 Å². The maximum absolute atomic E-state index is 12.7. The number of aliphatic hydroxyl groups excluding tert-OH is 7. The molecule has 0 aromatic carbocycles. The number of ether oxygens (including phenoxy) is 8. The number of ketones is 1. The van der Waals surface area contributed by atoms with Crippen molar-refractivity contribution in [1.29, 1.82) is 0 Å². The van der Waals surface area contributed by atoms with Crippen LogP contribution in [0, 0.1) is 40.4 Å². The van der Waals surface area contributed by atoms with Crippen molar-refractivity contribution in [1.82, 2.24) is 0 Å². The van der Waals surface area contributed by atoms with E-state index < -0.39 is 128 Å². The summed E-state index contributed by atoms with van der Waals surface area (Å²) in [5.41, 5.74) is -0.595. The molecule has 8 N–H and O–H groups in total. The normalized spacial score (nSPS) is 53.4. The summed E-state index contributed by atoms with van der Waals surface area (Å²) in [6.07, 6.45) is -6.03. The molecule has 0 aromatic rings. The quantitative estimate of drug-likeness (QED) is 0.109. The molecule has 392 valence electrons. The van der Waals surface area contributed by atoms with Crippen molar-refractivity contribution in [2.45, 2.75) is 247 Å². The van der Waals surface area contributed by atoms with Gasteiger partial charge in [0.2, 0.25) is 0 Å². The molecular weight excluding hydrogens is 901 g/mol. The summed E-state index contributed by atoms with van der Waals surface area (Å²) in [4.78, 5) is 24.4. The Kier molecular flexibility index (Phi) is 15.3. The lowest BCUT2D eigenvalue weighted by Gasteiger charge is -2.65. The number of rotatable bonds is 11. The first-order chi connectivity index (χ1) is 32.6. The average molecular weight is 981 g/mol. The van der Waals surface area contributed by atoms with Crippen molar-refractivity contribution < 1.29 is 88.3 Å². The van der Waals surface area contributed by atoms with Crippen LogP contribution in [-0.4, -0.2) is 175 Å². The summed E-state index contributed by atoms with van der Waals surface area (Å²) in [7, 11) is 0. The monoisotopic (exact) mass is 981 g/mol. The summed E-state index contributed by atoms with van der Waals surface area (Å²) in [5.74, 6) is 0.00102. The van der Waals surface area contributed by atoms with Crippen molar-refractivity contribution in [3.8, 4) is 0 Å². The van der Waals surface area contributed by atoms with Crippen LogP contribution in [-0.2, 0) is 47.5 Å². The van der Waals surface area contributed by atoms with Gasteiger partial charge in [0.05, 0.1) is 61.0 Å². The Morgan fingerprint density at radius 2 is 1.42 bits per heavy atom. The van der Waals surface area contributed by atoms with Gasteiger partial charge in [0.1, 0.15) is 42.7 Å². The van der Waals surface area contributed by atoms with Gasteiger partial charge >= 0.3 is 5.97 Å². The van der Waals surface area contributed by atoms with Crippen LogP contribution in [0.4, 0.5) is 0 Å². The number of allylic oxidation sites excluding steroid dienone is 2. The van der Waals surface area contributed by atoms with E-state index in [2.05, 4.69) is 13.8 Å². The SMILES string of the molecule is CC(=O)O[C@H]1C[C@H](O[C@@H]2[C@@H](C)C[C@@H](O[C@H]3[C@@H](O)C[C@H](O[C@H]4CC[C@@]5(C)[C@H](CC[C@@H]6[C@@H]5C[C@@H](O)[C@]5(C)[C@@H](C7=CC(=O)CC7)CC[C@]65O)C4)O[C@@H]3C)C[C@@H]2O)O[C@H](C)[C@H]1O[C@@H]1O[C@H](CO)[C@@H](O)[C@H](O)[C@H]1O. The Labute approximate surface area is 405 Å². The molecule has 5 saturated carbocycles. The first-order valence-electron chi connectivity index (χ1n) is 26.0. The topological polar surface area (TPSA) is 270 Å². The molecule has 9 rings (SSSR count). The van der Waals surface area contributed by atoms with E-state index in [9.17, 15) is 50.4 Å². The summed E-state index contributed by atoms with van der Waals surface area (Å²) in [6.45, 7) is 10.5. The largest absolute Gasteiger partial charge is 0.459 e. The highest BCUT2D eigenvalue weighted by Gasteiger charge is 2.71. The van der Waals surface area contributed by atoms with E-state index in [1.807, 2.05) is 13.8 Å². The molecule has 3 aliphatic heterocycles. The van der Waals surface area contributed by atoms with E-state index in [1.165, 1.54) is 6.92 Å². The van der Waals surface area contributed by atoms with Gasteiger partial charge in [0.15, 0.2) is 24.7 Å². The molecule has 0 unspecified atom stereocenters. The van der Waals surface area contributed by atoms with Crippen LogP contribution in [0.5, 0.6) is 0 Å². The van der Waals surface area contributed by atoms with Gasteiger partial charge in [-0.2, -0.15) is 0 Å². The van der Waals surface area contributed by atoms with Gasteiger partial charge in [-0.1, -0.05) is 26.3 Å². The van der Waals surface area contributed by atoms with E-state index >= 15 is 0 Å². The van der Waals surface area contributed by atoms with Gasteiger partial charge in [-0.05, 0) is 119 Å². The van der Waals surface area contributed by atoms with E-state index in [0.29, 0.717) is 31.6 Å². The highest BCUT2D eigenvalue weighted by molar-refractivity contribution is 5.93. The third-order valence-electron chi connectivity index (χ3n) is 19.2. The number of aliphatic hydroxyl groups is 8. The lowest BCUT2D eigenvalue weighted by molar-refractivity contribution is -0.346. The summed E-state index contributed by atoms with van der Waals surface area (Å²) in [5, 5.41) is 88.4. The number of esters is 1. The van der Waals surface area contributed by atoms with Crippen LogP contribution in [0.25, 0.3) is 0 Å². The maximum Gasteiger partial charge on any atom is 0.302 e. The zero-order valence-corrected chi connectivity index (χ0v) is 41.1. The average Bonchev–Trinajstić information content (AvgIpc) is 3.84. The minimum absolute atomic E-state index is 0.00867. The number of carbonyl (C=O) groups excluding carboxylic acids is 2. The molecule has 0 amide bonds. The van der Waals surface area contributed by atoms with E-state index in [4.69, 9.17) is 37.9 Å². The van der Waals surface area contributed by atoms with Gasteiger partial charge in [-0.3, -0.25) is 9.59 Å². The Balaban J connectivity index is 0.752. The van der Waals surface area contributed by atoms with Crippen molar-refractivity contribution >= 4 is 11.8 Å². The summed E-state index contributed by atoms with van der Waals surface area (Å²) >= 11 is 0. The molecule has 18 heteroatoms. The van der Waals surface area contributed by atoms with Crippen LogP contribution < -0.4 is 0 Å². The molecule has 3 saturated heterocycles. The maximum atomic E-state index is 12.7. The van der Waals surface area contributed by atoms with Crippen LogP contribution in [0.15, 0.2) is 11.6 Å². The fraction of sp³-hybridized carbons (Fsp3) is 0.922. The summed E-state index contributed by atoms with van der Waals surface area (Å²) in [6, 6.07) is 0. The summed E-state index contributed by atoms with van der Waals surface area (Å²) < 4.78 is 49.2. The van der Waals surface area contributed by atoms with Gasteiger partial charge in [-0.15, -0.1) is 0 Å².